The fourth-order valence-electron chi connectivity index (χ4n) is 4.03. The molecule has 0 bridgehead atoms. The number of ether oxygens (including phenoxy) is 1. The third-order valence-corrected chi connectivity index (χ3v) is 5.42. The highest BCUT2D eigenvalue weighted by Gasteiger charge is 2.49. The van der Waals surface area contributed by atoms with E-state index in [2.05, 4.69) is 6.58 Å². The van der Waals surface area contributed by atoms with Crippen molar-refractivity contribution in [3.8, 4) is 0 Å². The minimum atomic E-state index is -0.883. The first kappa shape index (κ1) is 16.7. The van der Waals surface area contributed by atoms with Crippen molar-refractivity contribution < 1.29 is 19.4 Å². The summed E-state index contributed by atoms with van der Waals surface area (Å²) in [5.74, 6) is 1.14. The summed E-state index contributed by atoms with van der Waals surface area (Å²) in [6, 6.07) is 7.26. The summed E-state index contributed by atoms with van der Waals surface area (Å²) in [5, 5.41) is 8.97. The number of carboxylic acids is 1. The van der Waals surface area contributed by atoms with Gasteiger partial charge < -0.3 is 9.84 Å². The van der Waals surface area contributed by atoms with E-state index < -0.39 is 5.97 Å². The third-order valence-electron chi connectivity index (χ3n) is 5.42. The maximum Gasteiger partial charge on any atom is 0.335 e. The van der Waals surface area contributed by atoms with Crippen molar-refractivity contribution in [2.24, 2.45) is 17.8 Å². The lowest BCUT2D eigenvalue weighted by Gasteiger charge is -2.29. The minimum absolute atomic E-state index is 0.0677. The van der Waals surface area contributed by atoms with Gasteiger partial charge in [0.15, 0.2) is 0 Å². The van der Waals surface area contributed by atoms with Gasteiger partial charge in [-0.3, -0.25) is 4.79 Å². The Morgan fingerprint density at radius 1 is 1.12 bits per heavy atom. The molecule has 2 aliphatic carbocycles. The minimum Gasteiger partial charge on any atom is -0.478 e. The molecule has 3 rings (SSSR count). The zero-order chi connectivity index (χ0) is 17.3. The van der Waals surface area contributed by atoms with Crippen LogP contribution in [0, 0.1) is 17.8 Å². The SMILES string of the molecule is C=C(C)OC(=O)[C@@H]1CC1[C@H]1CC[C@H](c2ccc(C(=O)O)cc2)CC1. The molecule has 0 amide bonds. The smallest absolute Gasteiger partial charge is 0.335 e. The van der Waals surface area contributed by atoms with Crippen LogP contribution in [-0.2, 0) is 9.53 Å². The van der Waals surface area contributed by atoms with Crippen molar-refractivity contribution in [1.29, 1.82) is 0 Å². The van der Waals surface area contributed by atoms with Crippen LogP contribution < -0.4 is 0 Å². The Labute approximate surface area is 142 Å². The van der Waals surface area contributed by atoms with Gasteiger partial charge in [-0.05, 0) is 74.5 Å². The fraction of sp³-hybridized carbons (Fsp3) is 0.500. The van der Waals surface area contributed by atoms with Gasteiger partial charge in [0.05, 0.1) is 17.2 Å². The van der Waals surface area contributed by atoms with E-state index in [1.165, 1.54) is 5.56 Å². The van der Waals surface area contributed by atoms with Gasteiger partial charge in [0.25, 0.3) is 0 Å². The maximum atomic E-state index is 11.9. The first-order valence-corrected chi connectivity index (χ1v) is 8.66. The topological polar surface area (TPSA) is 63.6 Å². The molecule has 128 valence electrons. The molecule has 24 heavy (non-hydrogen) atoms. The van der Waals surface area contributed by atoms with Crippen LogP contribution in [-0.4, -0.2) is 17.0 Å². The Kier molecular flexibility index (Phi) is 4.74. The molecule has 0 heterocycles. The van der Waals surface area contributed by atoms with E-state index in [0.717, 1.165) is 32.1 Å². The highest BCUT2D eigenvalue weighted by atomic mass is 16.5. The fourth-order valence-corrected chi connectivity index (χ4v) is 4.03. The van der Waals surface area contributed by atoms with Crippen LogP contribution in [0.25, 0.3) is 0 Å². The molecule has 1 aromatic carbocycles. The number of esters is 1. The Bertz CT molecular complexity index is 638. The van der Waals surface area contributed by atoms with Gasteiger partial charge in [0.1, 0.15) is 0 Å². The van der Waals surface area contributed by atoms with Crippen LogP contribution in [0.2, 0.25) is 0 Å². The van der Waals surface area contributed by atoms with Crippen LogP contribution in [0.4, 0.5) is 0 Å². The largest absolute Gasteiger partial charge is 0.478 e. The quantitative estimate of drug-likeness (QED) is 0.644. The van der Waals surface area contributed by atoms with Gasteiger partial charge >= 0.3 is 11.9 Å². The maximum absolute atomic E-state index is 11.9. The molecule has 1 N–H and O–H groups in total. The number of carbonyl (C=O) groups excluding carboxylic acids is 1. The summed E-state index contributed by atoms with van der Waals surface area (Å²) in [6.45, 7) is 5.33. The number of carbonyl (C=O) groups is 2. The van der Waals surface area contributed by atoms with Crippen molar-refractivity contribution in [3.63, 3.8) is 0 Å². The summed E-state index contributed by atoms with van der Waals surface area (Å²) < 4.78 is 5.13. The highest BCUT2D eigenvalue weighted by Crippen LogP contribution is 2.51. The molecular weight excluding hydrogens is 304 g/mol. The molecule has 2 saturated carbocycles. The lowest BCUT2D eigenvalue weighted by Crippen LogP contribution is -2.17. The standard InChI is InChI=1S/C20H24O4/c1-12(2)24-20(23)18-11-17(18)15-7-3-13(4-8-15)14-5-9-16(10-6-14)19(21)22/h5-6,9-10,13,15,17-18H,1,3-4,7-8,11H2,2H3,(H,21,22)/t13-,15-,17?,18-/m1/s1. The Hall–Kier alpha value is -2.10. The zero-order valence-electron chi connectivity index (χ0n) is 14.0. The predicted molar refractivity (Wildman–Crippen MR) is 90.6 cm³/mol. The Morgan fingerprint density at radius 2 is 1.75 bits per heavy atom. The van der Waals surface area contributed by atoms with Gasteiger partial charge in [0, 0.05) is 0 Å². The van der Waals surface area contributed by atoms with Crippen LogP contribution in [0.5, 0.6) is 0 Å². The first-order valence-electron chi connectivity index (χ1n) is 8.66. The number of hydrogen-bond donors (Lipinski definition) is 1. The first-order chi connectivity index (χ1) is 11.5. The zero-order valence-corrected chi connectivity index (χ0v) is 14.0. The number of carboxylic acid groups (broad SMARTS) is 1. The Morgan fingerprint density at radius 3 is 2.29 bits per heavy atom. The average molecular weight is 328 g/mol. The van der Waals surface area contributed by atoms with Crippen LogP contribution in [0.3, 0.4) is 0 Å². The second kappa shape index (κ2) is 6.80. The van der Waals surface area contributed by atoms with Crippen molar-refractivity contribution in [2.45, 2.75) is 44.9 Å². The molecule has 0 radical (unpaired) electrons. The van der Waals surface area contributed by atoms with Crippen LogP contribution >= 0.6 is 0 Å². The normalized spacial score (nSPS) is 28.9. The monoisotopic (exact) mass is 328 g/mol. The summed E-state index contributed by atoms with van der Waals surface area (Å²) in [7, 11) is 0. The number of allylic oxidation sites excluding steroid dienone is 1. The van der Waals surface area contributed by atoms with Gasteiger partial charge in [-0.15, -0.1) is 0 Å². The lowest BCUT2D eigenvalue weighted by molar-refractivity contribution is -0.141. The number of hydrogen-bond acceptors (Lipinski definition) is 3. The van der Waals surface area contributed by atoms with Crippen molar-refractivity contribution in [1.82, 2.24) is 0 Å². The van der Waals surface area contributed by atoms with Crippen molar-refractivity contribution in [2.75, 3.05) is 0 Å². The van der Waals surface area contributed by atoms with E-state index in [4.69, 9.17) is 9.84 Å². The molecule has 4 heteroatoms. The average Bonchev–Trinajstić information content (AvgIpc) is 3.35. The second-order valence-electron chi connectivity index (χ2n) is 7.17. The van der Waals surface area contributed by atoms with E-state index in [1.54, 1.807) is 19.1 Å². The molecule has 1 unspecified atom stereocenters. The third kappa shape index (κ3) is 3.69. The molecule has 0 aliphatic heterocycles. The summed E-state index contributed by atoms with van der Waals surface area (Å²) in [5.41, 5.74) is 1.57. The van der Waals surface area contributed by atoms with E-state index in [1.807, 2.05) is 12.1 Å². The summed E-state index contributed by atoms with van der Waals surface area (Å²) in [4.78, 5) is 22.8. The van der Waals surface area contributed by atoms with E-state index in [-0.39, 0.29) is 11.9 Å². The number of benzene rings is 1. The molecule has 0 saturated heterocycles. The summed E-state index contributed by atoms with van der Waals surface area (Å²) in [6.07, 6.45) is 5.43. The van der Waals surface area contributed by atoms with Gasteiger partial charge in [-0.1, -0.05) is 18.7 Å². The number of rotatable bonds is 5. The molecule has 0 spiro atoms. The lowest BCUT2D eigenvalue weighted by atomic mass is 9.76. The summed E-state index contributed by atoms with van der Waals surface area (Å²) >= 11 is 0. The molecule has 2 atom stereocenters. The molecule has 2 aliphatic rings. The molecule has 0 aromatic heterocycles. The van der Waals surface area contributed by atoms with Crippen molar-refractivity contribution in [3.05, 3.63) is 47.7 Å². The Balaban J connectivity index is 1.50. The van der Waals surface area contributed by atoms with E-state index in [0.29, 0.717) is 29.1 Å². The van der Waals surface area contributed by atoms with Gasteiger partial charge in [-0.2, -0.15) is 0 Å². The molecular formula is C20H24O4. The van der Waals surface area contributed by atoms with Gasteiger partial charge in [0.2, 0.25) is 0 Å². The predicted octanol–water partition coefficient (Wildman–Crippen LogP) is 4.37. The van der Waals surface area contributed by atoms with E-state index in [9.17, 15) is 9.59 Å². The van der Waals surface area contributed by atoms with Crippen molar-refractivity contribution >= 4 is 11.9 Å². The second-order valence-corrected chi connectivity index (χ2v) is 7.17. The molecule has 1 aromatic rings. The molecule has 2 fully saturated rings. The van der Waals surface area contributed by atoms with Crippen LogP contribution in [0.15, 0.2) is 36.6 Å². The highest BCUT2D eigenvalue weighted by molar-refractivity contribution is 5.87. The molecule has 4 nitrogen and oxygen atoms in total. The van der Waals surface area contributed by atoms with Gasteiger partial charge in [-0.25, -0.2) is 4.79 Å². The number of aromatic carboxylic acids is 1. The van der Waals surface area contributed by atoms with E-state index >= 15 is 0 Å². The van der Waals surface area contributed by atoms with Crippen LogP contribution in [0.1, 0.15) is 60.9 Å².